The number of amides is 1. The van der Waals surface area contributed by atoms with Crippen molar-refractivity contribution in [1.29, 1.82) is 0 Å². The van der Waals surface area contributed by atoms with E-state index in [1.54, 1.807) is 36.4 Å². The Hall–Kier alpha value is -3.34. The van der Waals surface area contributed by atoms with Gasteiger partial charge in [0.1, 0.15) is 0 Å². The molecule has 2 heterocycles. The Labute approximate surface area is 157 Å². The molecule has 0 radical (unpaired) electrons. The fraction of sp³-hybridized carbons (Fsp3) is 0.182. The molecule has 4 rings (SSSR count). The van der Waals surface area contributed by atoms with Gasteiger partial charge in [-0.05, 0) is 29.8 Å². The molecule has 1 aliphatic heterocycles. The Morgan fingerprint density at radius 1 is 1.11 bits per heavy atom. The van der Waals surface area contributed by atoms with Crippen molar-refractivity contribution in [3.8, 4) is 0 Å². The van der Waals surface area contributed by atoms with Crippen molar-refractivity contribution >= 4 is 28.9 Å². The molecule has 27 heavy (non-hydrogen) atoms. The number of para-hydroxylation sites is 1. The maximum Gasteiger partial charge on any atom is 0.337 e. The average Bonchev–Trinajstić information content (AvgIpc) is 3.09. The number of nitrogens with zero attached hydrogens (tertiary/aromatic N) is 1. The fourth-order valence-corrected chi connectivity index (χ4v) is 3.48. The zero-order valence-corrected chi connectivity index (χ0v) is 15.1. The lowest BCUT2D eigenvalue weighted by molar-refractivity contribution is -0.126. The number of carbonyl (C=O) groups is 2. The van der Waals surface area contributed by atoms with Gasteiger partial charge in [0, 0.05) is 47.7 Å². The Morgan fingerprint density at radius 2 is 1.89 bits per heavy atom. The van der Waals surface area contributed by atoms with Gasteiger partial charge < -0.3 is 14.6 Å². The number of nitrogens with one attached hydrogen (secondary N) is 1. The van der Waals surface area contributed by atoms with E-state index in [0.717, 1.165) is 17.5 Å². The minimum Gasteiger partial charge on any atom is -0.465 e. The molecule has 0 spiro atoms. The van der Waals surface area contributed by atoms with Crippen molar-refractivity contribution in [2.75, 3.05) is 13.7 Å². The van der Waals surface area contributed by atoms with E-state index < -0.39 is 0 Å². The molecule has 0 atom stereocenters. The third-order valence-electron chi connectivity index (χ3n) is 4.94. The second-order valence-corrected chi connectivity index (χ2v) is 6.58. The van der Waals surface area contributed by atoms with Gasteiger partial charge in [-0.2, -0.15) is 0 Å². The number of fused-ring (bicyclic) bond motifs is 3. The van der Waals surface area contributed by atoms with Gasteiger partial charge in [0.05, 0.1) is 12.7 Å². The number of H-pyrrole nitrogens is 1. The van der Waals surface area contributed by atoms with Gasteiger partial charge in [0.25, 0.3) is 0 Å². The second-order valence-electron chi connectivity index (χ2n) is 6.58. The Bertz CT molecular complexity index is 1030. The van der Waals surface area contributed by atoms with Crippen molar-refractivity contribution in [2.24, 2.45) is 0 Å². The van der Waals surface area contributed by atoms with E-state index >= 15 is 0 Å². The van der Waals surface area contributed by atoms with Gasteiger partial charge >= 0.3 is 5.97 Å². The van der Waals surface area contributed by atoms with Crippen LogP contribution in [-0.4, -0.2) is 35.4 Å². The van der Waals surface area contributed by atoms with Crippen LogP contribution in [0.3, 0.4) is 0 Å². The summed E-state index contributed by atoms with van der Waals surface area (Å²) in [7, 11) is 1.35. The lowest BCUT2D eigenvalue weighted by Gasteiger charge is -2.26. The molecule has 1 amide bonds. The maximum absolute atomic E-state index is 12.6. The van der Waals surface area contributed by atoms with E-state index in [1.807, 2.05) is 17.0 Å². The molecule has 5 heteroatoms. The van der Waals surface area contributed by atoms with Gasteiger partial charge in [-0.15, -0.1) is 0 Å². The smallest absolute Gasteiger partial charge is 0.337 e. The molecule has 0 aliphatic carbocycles. The number of hydrogen-bond acceptors (Lipinski definition) is 3. The molecule has 0 bridgehead atoms. The predicted octanol–water partition coefficient (Wildman–Crippen LogP) is 3.55. The molecular weight excluding hydrogens is 340 g/mol. The third-order valence-corrected chi connectivity index (χ3v) is 4.94. The minimum atomic E-state index is -0.371. The molecule has 1 aromatic heterocycles. The van der Waals surface area contributed by atoms with Gasteiger partial charge in [-0.1, -0.05) is 30.3 Å². The minimum absolute atomic E-state index is 0.0111. The number of benzene rings is 2. The highest BCUT2D eigenvalue weighted by molar-refractivity contribution is 5.93. The summed E-state index contributed by atoms with van der Waals surface area (Å²) in [6, 6.07) is 15.2. The van der Waals surface area contributed by atoms with E-state index in [0.29, 0.717) is 18.7 Å². The van der Waals surface area contributed by atoms with Crippen LogP contribution in [0.1, 0.15) is 27.2 Å². The van der Waals surface area contributed by atoms with Crippen LogP contribution in [0, 0.1) is 0 Å². The number of ether oxygens (including phenoxy) is 1. The first-order valence-electron chi connectivity index (χ1n) is 8.89. The van der Waals surface area contributed by atoms with Crippen LogP contribution in [-0.2, 0) is 22.5 Å². The summed E-state index contributed by atoms with van der Waals surface area (Å²) >= 11 is 0. The zero-order chi connectivity index (χ0) is 18.8. The molecule has 136 valence electrons. The first-order valence-corrected chi connectivity index (χ1v) is 8.89. The van der Waals surface area contributed by atoms with Gasteiger partial charge in [-0.25, -0.2) is 4.79 Å². The normalized spacial score (nSPS) is 13.7. The lowest BCUT2D eigenvalue weighted by atomic mass is 10.0. The summed E-state index contributed by atoms with van der Waals surface area (Å²) < 4.78 is 4.69. The summed E-state index contributed by atoms with van der Waals surface area (Å²) in [5, 5.41) is 1.19. The first-order chi connectivity index (χ1) is 13.2. The van der Waals surface area contributed by atoms with Gasteiger partial charge in [0.15, 0.2) is 0 Å². The average molecular weight is 360 g/mol. The highest BCUT2D eigenvalue weighted by Gasteiger charge is 2.22. The maximum atomic E-state index is 12.6. The molecule has 1 aliphatic rings. The number of esters is 1. The highest BCUT2D eigenvalue weighted by atomic mass is 16.5. The summed E-state index contributed by atoms with van der Waals surface area (Å²) in [4.78, 5) is 29.4. The van der Waals surface area contributed by atoms with E-state index in [-0.39, 0.29) is 11.9 Å². The summed E-state index contributed by atoms with van der Waals surface area (Å²) in [6.45, 7) is 1.31. The molecule has 1 N–H and O–H groups in total. The van der Waals surface area contributed by atoms with Crippen molar-refractivity contribution < 1.29 is 14.3 Å². The number of carbonyl (C=O) groups excluding carboxylic acids is 2. The number of rotatable bonds is 3. The van der Waals surface area contributed by atoms with Crippen molar-refractivity contribution in [2.45, 2.75) is 13.0 Å². The largest absolute Gasteiger partial charge is 0.465 e. The number of methoxy groups -OCH3 is 1. The van der Waals surface area contributed by atoms with Crippen molar-refractivity contribution in [3.05, 3.63) is 77.0 Å². The van der Waals surface area contributed by atoms with Crippen LogP contribution in [0.25, 0.3) is 17.0 Å². The molecule has 0 saturated carbocycles. The van der Waals surface area contributed by atoms with E-state index in [1.165, 1.54) is 23.8 Å². The van der Waals surface area contributed by atoms with Gasteiger partial charge in [-0.3, -0.25) is 4.79 Å². The Kier molecular flexibility index (Phi) is 4.50. The van der Waals surface area contributed by atoms with Crippen LogP contribution in [0.5, 0.6) is 0 Å². The zero-order valence-electron chi connectivity index (χ0n) is 15.1. The molecule has 0 fully saturated rings. The number of aromatic nitrogens is 1. The summed E-state index contributed by atoms with van der Waals surface area (Å²) in [5.41, 5.74) is 4.91. The topological polar surface area (TPSA) is 62.4 Å². The quantitative estimate of drug-likeness (QED) is 0.574. The summed E-state index contributed by atoms with van der Waals surface area (Å²) in [5.74, 6) is -0.382. The SMILES string of the molecule is COC(=O)c1ccc(/C=C/C(=O)N2CCc3[nH]c4ccccc4c3C2)cc1. The van der Waals surface area contributed by atoms with Gasteiger partial charge in [0.2, 0.25) is 5.91 Å². The standard InChI is InChI=1S/C22H20N2O3/c1-27-22(26)16-9-6-15(7-10-16)8-11-21(25)24-13-12-20-18(14-24)17-4-2-3-5-19(17)23-20/h2-11,23H,12-14H2,1H3/b11-8+. The molecule has 2 aromatic carbocycles. The summed E-state index contributed by atoms with van der Waals surface area (Å²) in [6.07, 6.45) is 4.19. The number of hydrogen-bond donors (Lipinski definition) is 1. The van der Waals surface area contributed by atoms with Crippen LogP contribution in [0.4, 0.5) is 0 Å². The second kappa shape index (κ2) is 7.11. The van der Waals surface area contributed by atoms with E-state index in [4.69, 9.17) is 0 Å². The Balaban J connectivity index is 1.47. The predicted molar refractivity (Wildman–Crippen MR) is 104 cm³/mol. The van der Waals surface area contributed by atoms with Crippen LogP contribution in [0.15, 0.2) is 54.6 Å². The monoisotopic (exact) mass is 360 g/mol. The molecule has 5 nitrogen and oxygen atoms in total. The van der Waals surface area contributed by atoms with Crippen molar-refractivity contribution in [1.82, 2.24) is 9.88 Å². The number of aromatic amines is 1. The molecule has 3 aromatic rings. The van der Waals surface area contributed by atoms with Crippen LogP contribution in [0.2, 0.25) is 0 Å². The molecule has 0 saturated heterocycles. The lowest BCUT2D eigenvalue weighted by Crippen LogP contribution is -2.34. The van der Waals surface area contributed by atoms with E-state index in [9.17, 15) is 9.59 Å². The van der Waals surface area contributed by atoms with Crippen LogP contribution >= 0.6 is 0 Å². The molecule has 0 unspecified atom stereocenters. The van der Waals surface area contributed by atoms with Crippen LogP contribution < -0.4 is 0 Å². The highest BCUT2D eigenvalue weighted by Crippen LogP contribution is 2.27. The van der Waals surface area contributed by atoms with E-state index in [2.05, 4.69) is 21.9 Å². The van der Waals surface area contributed by atoms with Crippen molar-refractivity contribution in [3.63, 3.8) is 0 Å². The molecular formula is C22H20N2O3. The Morgan fingerprint density at radius 3 is 2.67 bits per heavy atom. The fourth-order valence-electron chi connectivity index (χ4n) is 3.48. The third kappa shape index (κ3) is 3.36. The first kappa shape index (κ1) is 17.1.